The first-order valence-electron chi connectivity index (χ1n) is 7.52. The minimum absolute atomic E-state index is 0.0412. The molecule has 0 aliphatic carbocycles. The number of alkyl halides is 2. The van der Waals surface area contributed by atoms with Crippen molar-refractivity contribution < 1.29 is 18.3 Å². The third kappa shape index (κ3) is 4.08. The van der Waals surface area contributed by atoms with Crippen LogP contribution in [0.5, 0.6) is 11.5 Å². The second kappa shape index (κ2) is 7.24. The third-order valence-corrected chi connectivity index (χ3v) is 3.97. The molecule has 1 aromatic carbocycles. The van der Waals surface area contributed by atoms with Crippen LogP contribution in [0.15, 0.2) is 12.1 Å². The molecule has 1 aliphatic heterocycles. The molecule has 6 heteroatoms. The second-order valence-corrected chi connectivity index (χ2v) is 5.60. The van der Waals surface area contributed by atoms with Crippen LogP contribution in [0.25, 0.3) is 0 Å². The normalized spacial score (nSPS) is 16.6. The molecule has 0 amide bonds. The molecule has 0 spiro atoms. The van der Waals surface area contributed by atoms with E-state index in [1.165, 1.54) is 26.4 Å². The Balaban J connectivity index is 2.22. The minimum Gasteiger partial charge on any atom is -0.493 e. The van der Waals surface area contributed by atoms with E-state index in [1.54, 1.807) is 0 Å². The number of hydrogen-bond acceptors (Lipinski definition) is 4. The fourth-order valence-corrected chi connectivity index (χ4v) is 2.70. The van der Waals surface area contributed by atoms with E-state index in [1.807, 2.05) is 0 Å². The Bertz CT molecular complexity index is 498. The van der Waals surface area contributed by atoms with Crippen LogP contribution in [0.3, 0.4) is 0 Å². The molecule has 0 bridgehead atoms. The topological polar surface area (TPSA) is 33.7 Å². The van der Waals surface area contributed by atoms with Crippen molar-refractivity contribution in [2.45, 2.75) is 19.3 Å². The summed E-state index contributed by atoms with van der Waals surface area (Å²) in [5, 5.41) is 3.30. The molecule has 124 valence electrons. The molecule has 0 saturated carbocycles. The summed E-state index contributed by atoms with van der Waals surface area (Å²) < 4.78 is 37.9. The van der Waals surface area contributed by atoms with Gasteiger partial charge in [0, 0.05) is 45.2 Å². The Labute approximate surface area is 130 Å². The summed E-state index contributed by atoms with van der Waals surface area (Å²) in [7, 11) is 3.01. The average Bonchev–Trinajstić information content (AvgIpc) is 2.51. The summed E-state index contributed by atoms with van der Waals surface area (Å²) in [5.41, 5.74) is 0.720. The Kier molecular flexibility index (Phi) is 5.58. The van der Waals surface area contributed by atoms with Crippen LogP contribution >= 0.6 is 0 Å². The van der Waals surface area contributed by atoms with E-state index in [-0.39, 0.29) is 5.56 Å². The van der Waals surface area contributed by atoms with Crippen molar-refractivity contribution in [2.75, 3.05) is 46.9 Å². The Morgan fingerprint density at radius 1 is 1.18 bits per heavy atom. The average molecular weight is 314 g/mol. The molecule has 0 atom stereocenters. The molecular weight excluding hydrogens is 290 g/mol. The summed E-state index contributed by atoms with van der Waals surface area (Å²) in [4.78, 5) is 2.32. The highest BCUT2D eigenvalue weighted by Crippen LogP contribution is 2.38. The van der Waals surface area contributed by atoms with E-state index in [4.69, 9.17) is 9.47 Å². The molecule has 0 radical (unpaired) electrons. The highest BCUT2D eigenvalue weighted by Gasteiger charge is 2.27. The van der Waals surface area contributed by atoms with Crippen molar-refractivity contribution in [2.24, 2.45) is 0 Å². The molecule has 1 heterocycles. The number of rotatable bonds is 6. The highest BCUT2D eigenvalue weighted by molar-refractivity contribution is 5.50. The molecule has 0 aromatic heterocycles. The van der Waals surface area contributed by atoms with Crippen LogP contribution in [0.1, 0.15) is 18.1 Å². The minimum atomic E-state index is -2.90. The van der Waals surface area contributed by atoms with Gasteiger partial charge in [0.05, 0.1) is 14.2 Å². The van der Waals surface area contributed by atoms with Gasteiger partial charge < -0.3 is 19.7 Å². The van der Waals surface area contributed by atoms with E-state index in [2.05, 4.69) is 10.2 Å². The van der Waals surface area contributed by atoms with Crippen molar-refractivity contribution in [1.29, 1.82) is 0 Å². The van der Waals surface area contributed by atoms with Crippen molar-refractivity contribution in [3.63, 3.8) is 0 Å². The van der Waals surface area contributed by atoms with E-state index in [0.717, 1.165) is 45.2 Å². The van der Waals surface area contributed by atoms with E-state index < -0.39 is 5.92 Å². The number of benzene rings is 1. The molecule has 1 N–H and O–H groups in total. The van der Waals surface area contributed by atoms with Gasteiger partial charge in [-0.3, -0.25) is 0 Å². The van der Waals surface area contributed by atoms with Crippen LogP contribution in [0.4, 0.5) is 8.78 Å². The zero-order valence-electron chi connectivity index (χ0n) is 13.4. The van der Waals surface area contributed by atoms with Gasteiger partial charge in [-0.25, -0.2) is 8.78 Å². The largest absolute Gasteiger partial charge is 0.493 e. The lowest BCUT2D eigenvalue weighted by atomic mass is 10.0. The smallest absolute Gasteiger partial charge is 0.270 e. The summed E-state index contributed by atoms with van der Waals surface area (Å²) in [6, 6.07) is 2.89. The number of ether oxygens (including phenoxy) is 2. The molecule has 1 aliphatic rings. The SMILES string of the molecule is COc1cc(C(C)(F)F)cc(CCN2CCNCC2)c1OC. The molecule has 22 heavy (non-hydrogen) atoms. The van der Waals surface area contributed by atoms with Gasteiger partial charge in [-0.1, -0.05) is 0 Å². The van der Waals surface area contributed by atoms with Crippen LogP contribution in [-0.2, 0) is 12.3 Å². The molecule has 1 aromatic rings. The number of nitrogens with one attached hydrogen (secondary N) is 1. The van der Waals surface area contributed by atoms with Crippen molar-refractivity contribution >= 4 is 0 Å². The van der Waals surface area contributed by atoms with Gasteiger partial charge in [0.2, 0.25) is 0 Å². The van der Waals surface area contributed by atoms with E-state index in [0.29, 0.717) is 17.9 Å². The van der Waals surface area contributed by atoms with E-state index >= 15 is 0 Å². The van der Waals surface area contributed by atoms with Gasteiger partial charge >= 0.3 is 0 Å². The standard InChI is InChI=1S/C16H24F2N2O2/c1-16(17,18)13-10-12(15(22-3)14(11-13)21-2)4-7-20-8-5-19-6-9-20/h10-11,19H,4-9H2,1-3H3. The molecule has 1 fully saturated rings. The van der Waals surface area contributed by atoms with Gasteiger partial charge in [-0.15, -0.1) is 0 Å². The number of piperazine rings is 1. The fourth-order valence-electron chi connectivity index (χ4n) is 2.70. The predicted octanol–water partition coefficient (Wildman–Crippen LogP) is 2.26. The van der Waals surface area contributed by atoms with Gasteiger partial charge in [-0.05, 0) is 24.1 Å². The summed E-state index contributed by atoms with van der Waals surface area (Å²) in [6.45, 7) is 5.60. The van der Waals surface area contributed by atoms with Crippen molar-refractivity contribution in [3.8, 4) is 11.5 Å². The quantitative estimate of drug-likeness (QED) is 0.873. The maximum Gasteiger partial charge on any atom is 0.270 e. The zero-order valence-corrected chi connectivity index (χ0v) is 13.4. The highest BCUT2D eigenvalue weighted by atomic mass is 19.3. The maximum absolute atomic E-state index is 13.7. The predicted molar refractivity (Wildman–Crippen MR) is 82.1 cm³/mol. The Morgan fingerprint density at radius 3 is 2.41 bits per heavy atom. The number of methoxy groups -OCH3 is 2. The van der Waals surface area contributed by atoms with E-state index in [9.17, 15) is 8.78 Å². The summed E-state index contributed by atoms with van der Waals surface area (Å²) in [5.74, 6) is -1.99. The Hall–Kier alpha value is -1.40. The molecular formula is C16H24F2N2O2. The number of halogens is 2. The van der Waals surface area contributed by atoms with Crippen molar-refractivity contribution in [1.82, 2.24) is 10.2 Å². The molecule has 0 unspecified atom stereocenters. The molecule has 2 rings (SSSR count). The lowest BCUT2D eigenvalue weighted by Gasteiger charge is -2.27. The van der Waals surface area contributed by atoms with Gasteiger partial charge in [-0.2, -0.15) is 0 Å². The summed E-state index contributed by atoms with van der Waals surface area (Å²) in [6.07, 6.45) is 0.656. The first-order chi connectivity index (χ1) is 10.5. The number of nitrogens with zero attached hydrogens (tertiary/aromatic N) is 1. The van der Waals surface area contributed by atoms with Crippen LogP contribution in [0.2, 0.25) is 0 Å². The van der Waals surface area contributed by atoms with Crippen LogP contribution in [0, 0.1) is 0 Å². The van der Waals surface area contributed by atoms with Crippen molar-refractivity contribution in [3.05, 3.63) is 23.3 Å². The Morgan fingerprint density at radius 2 is 1.86 bits per heavy atom. The molecule has 1 saturated heterocycles. The third-order valence-electron chi connectivity index (χ3n) is 3.97. The van der Waals surface area contributed by atoms with Gasteiger partial charge in [0.25, 0.3) is 5.92 Å². The zero-order chi connectivity index (χ0) is 16.2. The number of hydrogen-bond donors (Lipinski definition) is 1. The van der Waals surface area contributed by atoms with Crippen LogP contribution < -0.4 is 14.8 Å². The second-order valence-electron chi connectivity index (χ2n) is 5.60. The first-order valence-corrected chi connectivity index (χ1v) is 7.52. The van der Waals surface area contributed by atoms with Gasteiger partial charge in [0.1, 0.15) is 0 Å². The fraction of sp³-hybridized carbons (Fsp3) is 0.625. The lowest BCUT2D eigenvalue weighted by Crippen LogP contribution is -2.44. The summed E-state index contributed by atoms with van der Waals surface area (Å²) >= 11 is 0. The first kappa shape index (κ1) is 17.0. The maximum atomic E-state index is 13.7. The molecule has 4 nitrogen and oxygen atoms in total. The monoisotopic (exact) mass is 314 g/mol. The van der Waals surface area contributed by atoms with Crippen LogP contribution in [-0.4, -0.2) is 51.8 Å². The lowest BCUT2D eigenvalue weighted by molar-refractivity contribution is 0.0171. The van der Waals surface area contributed by atoms with Gasteiger partial charge in [0.15, 0.2) is 11.5 Å².